The molecule has 16 heavy (non-hydrogen) atoms. The SMILES string of the molecule is CC(C)(C)[n+]1[se]nc2ccccc21.I[I-]I. The van der Waals surface area contributed by atoms with Crippen molar-refractivity contribution in [2.45, 2.75) is 26.3 Å². The van der Waals surface area contributed by atoms with Gasteiger partial charge in [-0.25, -0.2) is 0 Å². The molecule has 90 valence electrons. The number of rotatable bonds is 0. The Bertz CT molecular complexity index is 451. The maximum atomic E-state index is 4.54. The molecular formula is C10H13I3N2Se. The van der Waals surface area contributed by atoms with Crippen molar-refractivity contribution >= 4 is 63.2 Å². The number of hydrogen-bond donors (Lipinski definition) is 0. The summed E-state index contributed by atoms with van der Waals surface area (Å²) in [6.07, 6.45) is 0. The zero-order valence-electron chi connectivity index (χ0n) is 9.25. The van der Waals surface area contributed by atoms with E-state index in [9.17, 15) is 0 Å². The molecule has 0 fully saturated rings. The van der Waals surface area contributed by atoms with E-state index in [0.717, 1.165) is 5.52 Å². The van der Waals surface area contributed by atoms with Gasteiger partial charge >= 0.3 is 135 Å². The van der Waals surface area contributed by atoms with Gasteiger partial charge in [-0.15, -0.1) is 0 Å². The summed E-state index contributed by atoms with van der Waals surface area (Å²) >= 11 is 5.54. The van der Waals surface area contributed by atoms with E-state index < -0.39 is 0 Å². The summed E-state index contributed by atoms with van der Waals surface area (Å²) in [7, 11) is 0. The molecular weight excluding hydrogens is 608 g/mol. The summed E-state index contributed by atoms with van der Waals surface area (Å²) in [5, 5.41) is 0. The summed E-state index contributed by atoms with van der Waals surface area (Å²) < 4.78 is 6.92. The Morgan fingerprint density at radius 3 is 2.38 bits per heavy atom. The molecule has 0 spiro atoms. The second kappa shape index (κ2) is 7.20. The molecule has 1 aromatic heterocycles. The van der Waals surface area contributed by atoms with Crippen LogP contribution in [0.25, 0.3) is 11.0 Å². The molecule has 2 aromatic rings. The monoisotopic (exact) mass is 622 g/mol. The minimum atomic E-state index is 0.191. The standard InChI is InChI=1S/C10H13N2Se.I3/c1-10(2,3)12-9-7-5-4-6-8(9)11-13-12;1-3-2/h4-7H,1-3H3;/q+1;-1. The molecule has 0 amide bonds. The Labute approximate surface area is 132 Å². The first-order valence-corrected chi connectivity index (χ1v) is 18.8. The van der Waals surface area contributed by atoms with E-state index in [0.29, 0.717) is 13.3 Å². The number of benzene rings is 1. The molecule has 0 radical (unpaired) electrons. The predicted molar refractivity (Wildman–Crippen MR) is 81.9 cm³/mol. The van der Waals surface area contributed by atoms with Gasteiger partial charge in [0.05, 0.1) is 0 Å². The molecule has 6 heteroatoms. The van der Waals surface area contributed by atoms with Gasteiger partial charge < -0.3 is 0 Å². The van der Waals surface area contributed by atoms with Crippen molar-refractivity contribution in [3.05, 3.63) is 24.3 Å². The summed E-state index contributed by atoms with van der Waals surface area (Å²) in [5.41, 5.74) is 2.63. The Morgan fingerprint density at radius 1 is 1.25 bits per heavy atom. The third-order valence-electron chi connectivity index (χ3n) is 1.93. The van der Waals surface area contributed by atoms with Gasteiger partial charge in [-0.3, -0.25) is 0 Å². The fraction of sp³-hybridized carbons (Fsp3) is 0.400. The van der Waals surface area contributed by atoms with Crippen molar-refractivity contribution in [3.8, 4) is 0 Å². The van der Waals surface area contributed by atoms with Crippen LogP contribution in [-0.2, 0) is 5.54 Å². The van der Waals surface area contributed by atoms with Gasteiger partial charge in [0.25, 0.3) is 0 Å². The van der Waals surface area contributed by atoms with Crippen LogP contribution >= 0.6 is 37.2 Å². The molecule has 2 nitrogen and oxygen atoms in total. The van der Waals surface area contributed by atoms with E-state index in [1.807, 2.05) is 6.07 Å². The van der Waals surface area contributed by atoms with E-state index in [1.54, 1.807) is 0 Å². The molecule has 0 bridgehead atoms. The quantitative estimate of drug-likeness (QED) is 0.302. The zero-order chi connectivity index (χ0) is 12.2. The number of hydrogen-bond acceptors (Lipinski definition) is 1. The van der Waals surface area contributed by atoms with Gasteiger partial charge in [-0.1, -0.05) is 0 Å². The van der Waals surface area contributed by atoms with Crippen LogP contribution in [0.2, 0.25) is 0 Å². The van der Waals surface area contributed by atoms with Crippen LogP contribution in [0.3, 0.4) is 0 Å². The molecule has 0 aliphatic carbocycles. The van der Waals surface area contributed by atoms with E-state index in [1.165, 1.54) is 5.52 Å². The maximum absolute atomic E-state index is 4.54. The van der Waals surface area contributed by atoms with Gasteiger partial charge in [0.2, 0.25) is 0 Å². The average molecular weight is 621 g/mol. The van der Waals surface area contributed by atoms with Crippen molar-refractivity contribution in [3.63, 3.8) is 0 Å². The second-order valence-corrected chi connectivity index (χ2v) is 21.9. The van der Waals surface area contributed by atoms with Crippen LogP contribution < -0.4 is 16.8 Å². The average Bonchev–Trinajstić information content (AvgIpc) is 2.61. The van der Waals surface area contributed by atoms with Crippen molar-refractivity contribution < 1.29 is 16.8 Å². The minimum absolute atomic E-state index is 0.191. The third kappa shape index (κ3) is 4.33. The summed E-state index contributed by atoms with van der Waals surface area (Å²) in [4.78, 5) is 0. The fourth-order valence-corrected chi connectivity index (χ4v) is 3.03. The molecule has 0 aliphatic rings. The van der Waals surface area contributed by atoms with Crippen molar-refractivity contribution in [2.24, 2.45) is 0 Å². The Balaban J connectivity index is 0.000000386. The number of halogens is 3. The summed E-state index contributed by atoms with van der Waals surface area (Å²) in [6.45, 7) is 6.69. The van der Waals surface area contributed by atoms with E-state index in [2.05, 4.69) is 83.7 Å². The molecule has 0 saturated carbocycles. The summed E-state index contributed by atoms with van der Waals surface area (Å²) in [5.74, 6) is 0. The van der Waals surface area contributed by atoms with Gasteiger partial charge in [0.1, 0.15) is 0 Å². The number of aromatic nitrogens is 2. The molecule has 1 heterocycles. The van der Waals surface area contributed by atoms with Crippen LogP contribution in [0, 0.1) is 0 Å². The molecule has 0 unspecified atom stereocenters. The van der Waals surface area contributed by atoms with Crippen molar-refractivity contribution in [1.82, 2.24) is 3.98 Å². The Kier molecular flexibility index (Phi) is 7.01. The number of nitrogens with zero attached hydrogens (tertiary/aromatic N) is 2. The van der Waals surface area contributed by atoms with Gasteiger partial charge in [0, 0.05) is 0 Å². The van der Waals surface area contributed by atoms with Gasteiger partial charge in [-0.05, 0) is 0 Å². The first-order valence-electron chi connectivity index (χ1n) is 4.65. The van der Waals surface area contributed by atoms with E-state index in [-0.39, 0.29) is 20.5 Å². The van der Waals surface area contributed by atoms with Crippen molar-refractivity contribution in [1.29, 1.82) is 0 Å². The van der Waals surface area contributed by atoms with Crippen LogP contribution in [0.4, 0.5) is 0 Å². The molecule has 1 aromatic carbocycles. The second-order valence-electron chi connectivity index (χ2n) is 4.18. The molecule has 2 rings (SSSR count). The Morgan fingerprint density at radius 2 is 1.81 bits per heavy atom. The fourth-order valence-electron chi connectivity index (χ4n) is 1.33. The topological polar surface area (TPSA) is 16.8 Å². The van der Waals surface area contributed by atoms with Crippen LogP contribution in [-0.4, -0.2) is 18.9 Å². The zero-order valence-corrected chi connectivity index (χ0v) is 17.4. The van der Waals surface area contributed by atoms with Gasteiger partial charge in [-0.2, -0.15) is 0 Å². The van der Waals surface area contributed by atoms with Crippen molar-refractivity contribution in [2.75, 3.05) is 0 Å². The molecule has 0 atom stereocenters. The van der Waals surface area contributed by atoms with Crippen LogP contribution in [0.5, 0.6) is 0 Å². The predicted octanol–water partition coefficient (Wildman–Crippen LogP) is 0.110. The third-order valence-corrected chi connectivity index (χ3v) is 4.42. The Hall–Kier alpha value is 1.53. The van der Waals surface area contributed by atoms with E-state index >= 15 is 0 Å². The summed E-state index contributed by atoms with van der Waals surface area (Å²) in [6, 6.07) is 8.36. The first kappa shape index (κ1) is 15.6. The number of fused-ring (bicyclic) bond motifs is 1. The first-order chi connectivity index (χ1) is 7.50. The van der Waals surface area contributed by atoms with E-state index in [4.69, 9.17) is 0 Å². The van der Waals surface area contributed by atoms with Crippen LogP contribution in [0.15, 0.2) is 24.3 Å². The molecule has 0 saturated heterocycles. The molecule has 0 N–H and O–H groups in total. The number of para-hydroxylation sites is 1. The van der Waals surface area contributed by atoms with Gasteiger partial charge in [0.15, 0.2) is 0 Å². The normalized spacial score (nSPS) is 11.3. The van der Waals surface area contributed by atoms with Crippen LogP contribution in [0.1, 0.15) is 20.8 Å². The molecule has 0 aliphatic heterocycles.